The molecule has 2 aliphatic carbocycles. The highest BCUT2D eigenvalue weighted by atomic mass is 16.2. The number of nitrogens with zero attached hydrogens (tertiary/aromatic N) is 1. The second-order valence-electron chi connectivity index (χ2n) is 7.59. The maximum absolute atomic E-state index is 13.2. The zero-order chi connectivity index (χ0) is 14.9. The lowest BCUT2D eigenvalue weighted by molar-refractivity contribution is -0.136. The number of hydrogen-bond donors (Lipinski definition) is 1. The number of carbonyl (C=O) groups is 1. The molecule has 0 aromatic heterocycles. The van der Waals surface area contributed by atoms with E-state index in [0.717, 1.165) is 31.6 Å². The standard InChI is InChI=1S/C18H32N2O/c1-3-9-16-19-18(12-7-8-13-18)17(21)20(16)14(2)15-10-5-4-6-11-15/h14-16,19H,3-13H2,1-2H3. The van der Waals surface area contributed by atoms with E-state index in [4.69, 9.17) is 0 Å². The van der Waals surface area contributed by atoms with Crippen LogP contribution in [0, 0.1) is 5.92 Å². The Morgan fingerprint density at radius 2 is 1.86 bits per heavy atom. The average Bonchev–Trinajstić information content (AvgIpc) is 3.07. The monoisotopic (exact) mass is 292 g/mol. The van der Waals surface area contributed by atoms with E-state index in [0.29, 0.717) is 11.9 Å². The number of carbonyl (C=O) groups excluding carboxylic acids is 1. The van der Waals surface area contributed by atoms with Crippen LogP contribution in [0.3, 0.4) is 0 Å². The van der Waals surface area contributed by atoms with Gasteiger partial charge in [-0.1, -0.05) is 45.4 Å². The maximum Gasteiger partial charge on any atom is 0.244 e. The van der Waals surface area contributed by atoms with Crippen LogP contribution in [-0.4, -0.2) is 28.6 Å². The molecule has 3 aliphatic rings. The Morgan fingerprint density at radius 3 is 2.48 bits per heavy atom. The minimum atomic E-state index is -0.192. The van der Waals surface area contributed by atoms with E-state index in [1.165, 1.54) is 44.9 Å². The van der Waals surface area contributed by atoms with Crippen molar-refractivity contribution in [3.05, 3.63) is 0 Å². The fourth-order valence-electron chi connectivity index (χ4n) is 4.97. The van der Waals surface area contributed by atoms with Crippen molar-refractivity contribution in [2.75, 3.05) is 0 Å². The van der Waals surface area contributed by atoms with Crippen molar-refractivity contribution in [2.24, 2.45) is 5.92 Å². The largest absolute Gasteiger partial charge is 0.323 e. The summed E-state index contributed by atoms with van der Waals surface area (Å²) in [4.78, 5) is 15.4. The van der Waals surface area contributed by atoms with Crippen LogP contribution < -0.4 is 5.32 Å². The van der Waals surface area contributed by atoms with Crippen LogP contribution in [0.25, 0.3) is 0 Å². The van der Waals surface area contributed by atoms with E-state index >= 15 is 0 Å². The van der Waals surface area contributed by atoms with Crippen LogP contribution in [0.15, 0.2) is 0 Å². The van der Waals surface area contributed by atoms with Crippen molar-refractivity contribution >= 4 is 5.91 Å². The average molecular weight is 292 g/mol. The topological polar surface area (TPSA) is 32.3 Å². The summed E-state index contributed by atoms with van der Waals surface area (Å²) in [5, 5.41) is 3.76. The van der Waals surface area contributed by atoms with E-state index in [1.807, 2.05) is 0 Å². The molecular weight excluding hydrogens is 260 g/mol. The van der Waals surface area contributed by atoms with Crippen molar-refractivity contribution in [1.82, 2.24) is 10.2 Å². The molecule has 1 aliphatic heterocycles. The molecule has 2 saturated carbocycles. The van der Waals surface area contributed by atoms with Crippen molar-refractivity contribution in [3.8, 4) is 0 Å². The first-order chi connectivity index (χ1) is 10.2. The van der Waals surface area contributed by atoms with Crippen LogP contribution in [-0.2, 0) is 4.79 Å². The predicted molar refractivity (Wildman–Crippen MR) is 85.9 cm³/mol. The van der Waals surface area contributed by atoms with Crippen LogP contribution in [0.5, 0.6) is 0 Å². The lowest BCUT2D eigenvalue weighted by Gasteiger charge is -2.37. The summed E-state index contributed by atoms with van der Waals surface area (Å²) in [6.45, 7) is 4.54. The minimum Gasteiger partial charge on any atom is -0.323 e. The van der Waals surface area contributed by atoms with Gasteiger partial charge in [-0.2, -0.15) is 0 Å². The number of amides is 1. The molecule has 1 spiro atoms. The van der Waals surface area contributed by atoms with Crippen molar-refractivity contribution in [2.45, 2.75) is 102 Å². The molecule has 1 heterocycles. The first-order valence-electron chi connectivity index (χ1n) is 9.28. The Bertz CT molecular complexity index is 369. The third kappa shape index (κ3) is 2.74. The molecule has 0 radical (unpaired) electrons. The highest BCUT2D eigenvalue weighted by molar-refractivity contribution is 5.89. The third-order valence-corrected chi connectivity index (χ3v) is 6.21. The van der Waals surface area contributed by atoms with Crippen LogP contribution in [0.1, 0.15) is 84.5 Å². The zero-order valence-electron chi connectivity index (χ0n) is 13.9. The van der Waals surface area contributed by atoms with Gasteiger partial charge in [0.2, 0.25) is 5.91 Å². The lowest BCUT2D eigenvalue weighted by atomic mass is 9.83. The number of rotatable bonds is 4. The summed E-state index contributed by atoms with van der Waals surface area (Å²) < 4.78 is 0. The van der Waals surface area contributed by atoms with E-state index in [9.17, 15) is 4.79 Å². The quantitative estimate of drug-likeness (QED) is 0.854. The molecule has 2 unspecified atom stereocenters. The van der Waals surface area contributed by atoms with E-state index in [1.54, 1.807) is 0 Å². The van der Waals surface area contributed by atoms with Crippen LogP contribution in [0.4, 0.5) is 0 Å². The Balaban J connectivity index is 1.78. The lowest BCUT2D eigenvalue weighted by Crippen LogP contribution is -2.47. The van der Waals surface area contributed by atoms with E-state index in [-0.39, 0.29) is 11.7 Å². The fraction of sp³-hybridized carbons (Fsp3) is 0.944. The SMILES string of the molecule is CCCC1NC2(CCCC2)C(=O)N1C(C)C1CCCCC1. The van der Waals surface area contributed by atoms with E-state index < -0.39 is 0 Å². The summed E-state index contributed by atoms with van der Waals surface area (Å²) in [5.41, 5.74) is -0.192. The first-order valence-corrected chi connectivity index (χ1v) is 9.28. The van der Waals surface area contributed by atoms with Gasteiger partial charge in [-0.3, -0.25) is 10.1 Å². The summed E-state index contributed by atoms with van der Waals surface area (Å²) in [6.07, 6.45) is 13.8. The minimum absolute atomic E-state index is 0.192. The number of hydrogen-bond acceptors (Lipinski definition) is 2. The van der Waals surface area contributed by atoms with Crippen molar-refractivity contribution in [3.63, 3.8) is 0 Å². The third-order valence-electron chi connectivity index (χ3n) is 6.21. The highest BCUT2D eigenvalue weighted by Gasteiger charge is 2.53. The first kappa shape index (κ1) is 15.3. The van der Waals surface area contributed by atoms with Gasteiger partial charge in [0, 0.05) is 6.04 Å². The Hall–Kier alpha value is -0.570. The molecule has 2 atom stereocenters. The molecule has 3 fully saturated rings. The fourth-order valence-corrected chi connectivity index (χ4v) is 4.97. The smallest absolute Gasteiger partial charge is 0.244 e. The van der Waals surface area contributed by atoms with Gasteiger partial charge in [0.1, 0.15) is 0 Å². The molecule has 1 N–H and O–H groups in total. The molecule has 0 bridgehead atoms. The zero-order valence-corrected chi connectivity index (χ0v) is 13.9. The van der Waals surface area contributed by atoms with Gasteiger partial charge >= 0.3 is 0 Å². The molecular formula is C18H32N2O. The summed E-state index contributed by atoms with van der Waals surface area (Å²) in [7, 11) is 0. The van der Waals surface area contributed by atoms with Gasteiger partial charge < -0.3 is 4.90 Å². The van der Waals surface area contributed by atoms with Crippen molar-refractivity contribution < 1.29 is 4.79 Å². The summed E-state index contributed by atoms with van der Waals surface area (Å²) >= 11 is 0. The second kappa shape index (κ2) is 6.28. The molecule has 0 aromatic carbocycles. The molecule has 1 saturated heterocycles. The van der Waals surface area contributed by atoms with Crippen molar-refractivity contribution in [1.29, 1.82) is 0 Å². The second-order valence-corrected chi connectivity index (χ2v) is 7.59. The Labute approximate surface area is 129 Å². The van der Waals surface area contributed by atoms with Crippen LogP contribution in [0.2, 0.25) is 0 Å². The van der Waals surface area contributed by atoms with Gasteiger partial charge in [-0.05, 0) is 44.9 Å². The molecule has 3 nitrogen and oxygen atoms in total. The van der Waals surface area contributed by atoms with Crippen LogP contribution >= 0.6 is 0 Å². The summed E-state index contributed by atoms with van der Waals surface area (Å²) in [6, 6.07) is 0.418. The van der Waals surface area contributed by atoms with Gasteiger partial charge in [-0.15, -0.1) is 0 Å². The Morgan fingerprint density at radius 1 is 1.19 bits per heavy atom. The predicted octanol–water partition coefficient (Wildman–Crippen LogP) is 3.83. The maximum atomic E-state index is 13.2. The number of nitrogens with one attached hydrogen (secondary N) is 1. The van der Waals surface area contributed by atoms with Gasteiger partial charge in [-0.25, -0.2) is 0 Å². The van der Waals surface area contributed by atoms with Gasteiger partial charge in [0.15, 0.2) is 0 Å². The molecule has 0 aromatic rings. The van der Waals surface area contributed by atoms with Gasteiger partial charge in [0.05, 0.1) is 11.7 Å². The molecule has 3 heteroatoms. The molecule has 1 amide bonds. The highest BCUT2D eigenvalue weighted by Crippen LogP contribution is 2.40. The molecule has 3 rings (SSSR count). The normalized spacial score (nSPS) is 31.2. The molecule has 120 valence electrons. The molecule has 21 heavy (non-hydrogen) atoms. The Kier molecular flexibility index (Phi) is 4.58. The van der Waals surface area contributed by atoms with Gasteiger partial charge in [0.25, 0.3) is 0 Å². The van der Waals surface area contributed by atoms with E-state index in [2.05, 4.69) is 24.1 Å². The summed E-state index contributed by atoms with van der Waals surface area (Å²) in [5.74, 6) is 1.15.